The van der Waals surface area contributed by atoms with Crippen LogP contribution in [-0.4, -0.2) is 14.7 Å². The summed E-state index contributed by atoms with van der Waals surface area (Å²) in [4.78, 5) is 6.95. The second-order valence-corrected chi connectivity index (χ2v) is 11.3. The van der Waals surface area contributed by atoms with Gasteiger partial charge in [0.2, 0.25) is 0 Å². The first kappa shape index (κ1) is 26.8. The number of hydrogen-bond acceptors (Lipinski definition) is 3. The Morgan fingerprint density at radius 3 is 2.17 bits per heavy atom. The Balaban J connectivity index is 1.42. The van der Waals surface area contributed by atoms with Crippen molar-refractivity contribution in [2.75, 3.05) is 4.90 Å². The molecular formula is C35H34N4OS. The topological polar surface area (TPSA) is 42.3 Å². The van der Waals surface area contributed by atoms with Crippen LogP contribution in [0.1, 0.15) is 51.4 Å². The maximum atomic E-state index is 6.18. The van der Waals surface area contributed by atoms with Crippen molar-refractivity contribution in [2.24, 2.45) is 0 Å². The first-order chi connectivity index (χ1) is 19.8. The van der Waals surface area contributed by atoms with E-state index in [2.05, 4.69) is 97.9 Å². The molecule has 0 bridgehead atoms. The molecule has 2 aromatic heterocycles. The lowest BCUT2D eigenvalue weighted by molar-refractivity contribution is 0.479. The van der Waals surface area contributed by atoms with Crippen LogP contribution in [0.15, 0.2) is 97.2 Å². The number of aryl methyl sites for hydroxylation is 4. The number of para-hydroxylation sites is 1. The molecule has 1 fully saturated rings. The monoisotopic (exact) mass is 558 g/mol. The number of benzene rings is 3. The summed E-state index contributed by atoms with van der Waals surface area (Å²) in [5.41, 5.74) is 10.3. The summed E-state index contributed by atoms with van der Waals surface area (Å²) < 4.78 is 8.53. The molecule has 41 heavy (non-hydrogen) atoms. The van der Waals surface area contributed by atoms with E-state index in [0.717, 1.165) is 28.4 Å². The zero-order chi connectivity index (χ0) is 28.7. The Bertz CT molecular complexity index is 1710. The maximum absolute atomic E-state index is 6.18. The molecule has 0 unspecified atom stereocenters. The van der Waals surface area contributed by atoms with Crippen molar-refractivity contribution >= 4 is 23.0 Å². The molecule has 2 atom stereocenters. The van der Waals surface area contributed by atoms with Gasteiger partial charge in [-0.3, -0.25) is 4.98 Å². The molecule has 0 amide bonds. The molecule has 6 rings (SSSR count). The van der Waals surface area contributed by atoms with Crippen molar-refractivity contribution in [3.8, 4) is 17.2 Å². The van der Waals surface area contributed by atoms with Gasteiger partial charge in [-0.05, 0) is 130 Å². The number of anilines is 1. The number of aromatic nitrogens is 2. The van der Waals surface area contributed by atoms with E-state index in [1.54, 1.807) is 0 Å². The Morgan fingerprint density at radius 2 is 1.49 bits per heavy atom. The number of hydrogen-bond donors (Lipinski definition) is 1. The highest BCUT2D eigenvalue weighted by molar-refractivity contribution is 7.80. The number of thiocarbonyl (C=S) groups is 1. The van der Waals surface area contributed by atoms with Gasteiger partial charge in [0.1, 0.15) is 11.5 Å². The molecule has 5 nitrogen and oxygen atoms in total. The lowest BCUT2D eigenvalue weighted by Crippen LogP contribution is -2.29. The molecule has 206 valence electrons. The van der Waals surface area contributed by atoms with Gasteiger partial charge in [0.25, 0.3) is 0 Å². The third-order valence-electron chi connectivity index (χ3n) is 7.79. The van der Waals surface area contributed by atoms with Crippen LogP contribution in [0.25, 0.3) is 5.69 Å². The third-order valence-corrected chi connectivity index (χ3v) is 8.10. The Kier molecular flexibility index (Phi) is 7.10. The fourth-order valence-corrected chi connectivity index (χ4v) is 6.33. The summed E-state index contributed by atoms with van der Waals surface area (Å²) in [6, 6.07) is 31.1. The van der Waals surface area contributed by atoms with Crippen molar-refractivity contribution < 1.29 is 4.74 Å². The van der Waals surface area contributed by atoms with Crippen LogP contribution in [0, 0.1) is 34.6 Å². The van der Waals surface area contributed by atoms with E-state index < -0.39 is 0 Å². The average Bonchev–Trinajstić information content (AvgIpc) is 3.45. The van der Waals surface area contributed by atoms with Gasteiger partial charge in [-0.15, -0.1) is 0 Å². The molecular weight excluding hydrogens is 524 g/mol. The summed E-state index contributed by atoms with van der Waals surface area (Å²) in [5.74, 6) is 1.64. The highest BCUT2D eigenvalue weighted by Crippen LogP contribution is 2.44. The Hall–Kier alpha value is -4.42. The van der Waals surface area contributed by atoms with Gasteiger partial charge in [0, 0.05) is 29.0 Å². The van der Waals surface area contributed by atoms with Crippen LogP contribution in [0.5, 0.6) is 11.5 Å². The zero-order valence-corrected chi connectivity index (χ0v) is 24.9. The minimum atomic E-state index is -0.111. The number of ether oxygens (including phenoxy) is 1. The SMILES string of the molecule is Cc1cc(C)cc(-n2c(C)cc([C@@H]3[C@H](c4ccccn4)NC(=S)N3c3ccc(Oc4ccccc4C)cc3)c2C)c1. The van der Waals surface area contributed by atoms with E-state index in [0.29, 0.717) is 5.11 Å². The van der Waals surface area contributed by atoms with Crippen molar-refractivity contribution in [1.29, 1.82) is 0 Å². The molecule has 1 saturated heterocycles. The van der Waals surface area contributed by atoms with E-state index in [4.69, 9.17) is 21.9 Å². The molecule has 1 N–H and O–H groups in total. The molecule has 0 saturated carbocycles. The summed E-state index contributed by atoms with van der Waals surface area (Å²) in [5, 5.41) is 4.27. The average molecular weight is 559 g/mol. The number of nitrogens with zero attached hydrogens (tertiary/aromatic N) is 3. The minimum absolute atomic E-state index is 0.0913. The molecule has 5 aromatic rings. The van der Waals surface area contributed by atoms with Gasteiger partial charge in [0.15, 0.2) is 5.11 Å². The third kappa shape index (κ3) is 5.11. The largest absolute Gasteiger partial charge is 0.457 e. The zero-order valence-electron chi connectivity index (χ0n) is 24.1. The molecule has 0 radical (unpaired) electrons. The van der Waals surface area contributed by atoms with Crippen molar-refractivity contribution in [3.63, 3.8) is 0 Å². The smallest absolute Gasteiger partial charge is 0.174 e. The summed E-state index contributed by atoms with van der Waals surface area (Å²) >= 11 is 5.99. The first-order valence-corrected chi connectivity index (χ1v) is 14.3. The number of rotatable bonds is 6. The standard InChI is InChI=1S/C35H34N4OS/c1-22-18-23(2)20-28(19-22)38-25(4)21-30(26(38)5)34-33(31-11-8-9-17-36-31)37-35(41)39(34)27-13-15-29(16-14-27)40-32-12-7-6-10-24(32)3/h6-21,33-34H,1-5H3,(H,37,41)/t33-,34+/m0/s1. The lowest BCUT2D eigenvalue weighted by Gasteiger charge is -2.28. The Morgan fingerprint density at radius 1 is 0.780 bits per heavy atom. The van der Waals surface area contributed by atoms with Crippen LogP contribution in [-0.2, 0) is 0 Å². The van der Waals surface area contributed by atoms with Crippen molar-refractivity contribution in [2.45, 2.75) is 46.7 Å². The second-order valence-electron chi connectivity index (χ2n) is 10.9. The van der Waals surface area contributed by atoms with Crippen LogP contribution >= 0.6 is 12.2 Å². The van der Waals surface area contributed by atoms with Crippen LogP contribution in [0.3, 0.4) is 0 Å². The van der Waals surface area contributed by atoms with Crippen LogP contribution < -0.4 is 15.0 Å². The first-order valence-electron chi connectivity index (χ1n) is 13.9. The maximum Gasteiger partial charge on any atom is 0.174 e. The van der Waals surface area contributed by atoms with Crippen LogP contribution in [0.4, 0.5) is 5.69 Å². The lowest BCUT2D eigenvalue weighted by atomic mass is 9.96. The highest BCUT2D eigenvalue weighted by atomic mass is 32.1. The van der Waals surface area contributed by atoms with Gasteiger partial charge in [-0.25, -0.2) is 0 Å². The second kappa shape index (κ2) is 10.9. The molecule has 0 aliphatic carbocycles. The normalized spacial score (nSPS) is 16.6. The number of pyridine rings is 1. The fraction of sp³-hybridized carbons (Fsp3) is 0.200. The van der Waals surface area contributed by atoms with Gasteiger partial charge < -0.3 is 19.5 Å². The summed E-state index contributed by atoms with van der Waals surface area (Å²) in [6.07, 6.45) is 1.84. The molecule has 1 aliphatic heterocycles. The fourth-order valence-electron chi connectivity index (χ4n) is 5.99. The van der Waals surface area contributed by atoms with E-state index in [9.17, 15) is 0 Å². The van der Waals surface area contributed by atoms with E-state index in [1.165, 1.54) is 33.8 Å². The van der Waals surface area contributed by atoms with Crippen molar-refractivity contribution in [3.05, 3.63) is 137 Å². The van der Waals surface area contributed by atoms with Gasteiger partial charge in [-0.2, -0.15) is 0 Å². The van der Waals surface area contributed by atoms with E-state index in [1.807, 2.05) is 48.7 Å². The molecule has 3 aromatic carbocycles. The van der Waals surface area contributed by atoms with Gasteiger partial charge in [0.05, 0.1) is 17.8 Å². The predicted octanol–water partition coefficient (Wildman–Crippen LogP) is 8.38. The summed E-state index contributed by atoms with van der Waals surface area (Å²) in [7, 11) is 0. The van der Waals surface area contributed by atoms with E-state index in [-0.39, 0.29) is 12.1 Å². The quantitative estimate of drug-likeness (QED) is 0.212. The van der Waals surface area contributed by atoms with Gasteiger partial charge in [-0.1, -0.05) is 30.3 Å². The molecule has 1 aliphatic rings. The predicted molar refractivity (Wildman–Crippen MR) is 170 cm³/mol. The molecule has 6 heteroatoms. The number of nitrogens with one attached hydrogen (secondary N) is 1. The van der Waals surface area contributed by atoms with E-state index >= 15 is 0 Å². The summed E-state index contributed by atoms with van der Waals surface area (Å²) in [6.45, 7) is 10.7. The minimum Gasteiger partial charge on any atom is -0.457 e. The molecule has 0 spiro atoms. The molecule has 3 heterocycles. The van der Waals surface area contributed by atoms with Gasteiger partial charge >= 0.3 is 0 Å². The van der Waals surface area contributed by atoms with Crippen LogP contribution in [0.2, 0.25) is 0 Å². The Labute approximate surface area is 247 Å². The van der Waals surface area contributed by atoms with Crippen molar-refractivity contribution in [1.82, 2.24) is 14.9 Å². The highest BCUT2D eigenvalue weighted by Gasteiger charge is 2.42.